The Morgan fingerprint density at radius 2 is 2.07 bits per heavy atom. The molecule has 0 N–H and O–H groups in total. The second-order valence-electron chi connectivity index (χ2n) is 3.31. The van der Waals surface area contributed by atoms with Gasteiger partial charge in [0.25, 0.3) is 0 Å². The minimum absolute atomic E-state index is 0.179. The zero-order chi connectivity index (χ0) is 10.9. The van der Waals surface area contributed by atoms with Crippen molar-refractivity contribution in [2.45, 2.75) is 24.3 Å². The summed E-state index contributed by atoms with van der Waals surface area (Å²) in [4.78, 5) is 0.179. The van der Waals surface area contributed by atoms with E-state index in [1.165, 1.54) is 5.56 Å². The van der Waals surface area contributed by atoms with Crippen LogP contribution in [0.5, 0.6) is 0 Å². The van der Waals surface area contributed by atoms with Crippen LogP contribution in [0.3, 0.4) is 0 Å². The average molecular weight is 267 g/mol. The van der Waals surface area contributed by atoms with E-state index in [1.807, 2.05) is 18.2 Å². The number of alkyl halides is 1. The molecular weight excluding hydrogens is 252 g/mol. The van der Waals surface area contributed by atoms with Crippen LogP contribution in [0.4, 0.5) is 0 Å². The number of rotatable bonds is 6. The van der Waals surface area contributed by atoms with E-state index in [2.05, 4.69) is 34.0 Å². The van der Waals surface area contributed by atoms with E-state index < -0.39 is 0 Å². The third kappa shape index (κ3) is 5.61. The van der Waals surface area contributed by atoms with E-state index in [9.17, 15) is 0 Å². The number of halogens is 1. The molecule has 0 bridgehead atoms. The van der Waals surface area contributed by atoms with E-state index in [4.69, 9.17) is 11.2 Å². The lowest BCUT2D eigenvalue weighted by Crippen LogP contribution is -1.99. The van der Waals surface area contributed by atoms with Crippen molar-refractivity contribution in [3.63, 3.8) is 0 Å². The first-order chi connectivity index (χ1) is 7.33. The van der Waals surface area contributed by atoms with Gasteiger partial charge in [0.05, 0.1) is 11.4 Å². The number of benzene rings is 1. The highest BCUT2D eigenvalue weighted by Gasteiger charge is 1.98. The average Bonchev–Trinajstić information content (AvgIpc) is 2.29. The van der Waals surface area contributed by atoms with Gasteiger partial charge < -0.3 is 4.74 Å². The number of hydrogen-bond donors (Lipinski definition) is 0. The molecule has 1 nitrogen and oxygen atoms in total. The van der Waals surface area contributed by atoms with Crippen molar-refractivity contribution < 1.29 is 4.74 Å². The first-order valence-electron chi connectivity index (χ1n) is 5.05. The zero-order valence-electron chi connectivity index (χ0n) is 8.66. The molecule has 0 aromatic heterocycles. The highest BCUT2D eigenvalue weighted by molar-refractivity contribution is 9.09. The molecule has 1 atom stereocenters. The van der Waals surface area contributed by atoms with Gasteiger partial charge in [0, 0.05) is 6.61 Å². The van der Waals surface area contributed by atoms with Crippen LogP contribution in [0.2, 0.25) is 0 Å². The van der Waals surface area contributed by atoms with Crippen LogP contribution >= 0.6 is 15.9 Å². The van der Waals surface area contributed by atoms with Gasteiger partial charge in [-0.15, -0.1) is 6.42 Å². The van der Waals surface area contributed by atoms with Gasteiger partial charge in [-0.3, -0.25) is 0 Å². The monoisotopic (exact) mass is 266 g/mol. The maximum atomic E-state index is 5.53. The van der Waals surface area contributed by atoms with Crippen LogP contribution in [-0.4, -0.2) is 11.4 Å². The fourth-order valence-corrected chi connectivity index (χ4v) is 1.54. The van der Waals surface area contributed by atoms with E-state index in [-0.39, 0.29) is 4.83 Å². The van der Waals surface area contributed by atoms with Gasteiger partial charge in [-0.2, -0.15) is 0 Å². The van der Waals surface area contributed by atoms with Crippen molar-refractivity contribution >= 4 is 15.9 Å². The Morgan fingerprint density at radius 1 is 1.33 bits per heavy atom. The molecule has 1 rings (SSSR count). The first kappa shape index (κ1) is 12.3. The van der Waals surface area contributed by atoms with Crippen molar-refractivity contribution in [2.75, 3.05) is 6.61 Å². The van der Waals surface area contributed by atoms with Crippen molar-refractivity contribution in [1.82, 2.24) is 0 Å². The Morgan fingerprint density at radius 3 is 2.73 bits per heavy atom. The fraction of sp³-hybridized carbons (Fsp3) is 0.385. The molecule has 0 heterocycles. The largest absolute Gasteiger partial charge is 0.377 e. The summed E-state index contributed by atoms with van der Waals surface area (Å²) in [5, 5.41) is 0. The normalized spacial score (nSPS) is 12.0. The minimum atomic E-state index is 0.179. The summed E-state index contributed by atoms with van der Waals surface area (Å²) in [5.41, 5.74) is 1.21. The molecule has 0 amide bonds. The van der Waals surface area contributed by atoms with E-state index in [0.717, 1.165) is 19.4 Å². The summed E-state index contributed by atoms with van der Waals surface area (Å²) in [6.07, 6.45) is 7.20. The van der Waals surface area contributed by atoms with Gasteiger partial charge in [-0.25, -0.2) is 0 Å². The Kier molecular flexibility index (Phi) is 6.15. The standard InChI is InChI=1S/C13H15BrO/c1-2-13(14)9-6-10-15-11-12-7-4-3-5-8-12/h1,3-5,7-8,13H,6,9-11H2/t13-/m0/s1. The van der Waals surface area contributed by atoms with E-state index in [0.29, 0.717) is 6.61 Å². The highest BCUT2D eigenvalue weighted by Crippen LogP contribution is 2.07. The number of ether oxygens (including phenoxy) is 1. The Labute approximate surface area is 100.0 Å². The second-order valence-corrected chi connectivity index (χ2v) is 4.42. The number of terminal acetylenes is 1. The lowest BCUT2D eigenvalue weighted by molar-refractivity contribution is 0.118. The van der Waals surface area contributed by atoms with Crippen LogP contribution in [-0.2, 0) is 11.3 Å². The van der Waals surface area contributed by atoms with Crippen LogP contribution in [0, 0.1) is 12.3 Å². The molecule has 80 valence electrons. The van der Waals surface area contributed by atoms with Crippen LogP contribution in [0.1, 0.15) is 18.4 Å². The van der Waals surface area contributed by atoms with Crippen molar-refractivity contribution in [1.29, 1.82) is 0 Å². The molecule has 0 radical (unpaired) electrons. The molecule has 0 unspecified atom stereocenters. The van der Waals surface area contributed by atoms with Crippen molar-refractivity contribution in [2.24, 2.45) is 0 Å². The maximum Gasteiger partial charge on any atom is 0.0752 e. The number of hydrogen-bond acceptors (Lipinski definition) is 1. The Hall–Kier alpha value is -0.780. The molecule has 15 heavy (non-hydrogen) atoms. The van der Waals surface area contributed by atoms with Gasteiger partial charge >= 0.3 is 0 Å². The van der Waals surface area contributed by atoms with E-state index in [1.54, 1.807) is 0 Å². The van der Waals surface area contributed by atoms with Gasteiger partial charge in [0.2, 0.25) is 0 Å². The molecule has 0 saturated heterocycles. The highest BCUT2D eigenvalue weighted by atomic mass is 79.9. The fourth-order valence-electron chi connectivity index (χ4n) is 1.21. The predicted molar refractivity (Wildman–Crippen MR) is 66.9 cm³/mol. The lowest BCUT2D eigenvalue weighted by Gasteiger charge is -2.05. The topological polar surface area (TPSA) is 9.23 Å². The van der Waals surface area contributed by atoms with Gasteiger partial charge in [-0.1, -0.05) is 52.2 Å². The van der Waals surface area contributed by atoms with Crippen molar-refractivity contribution in [3.8, 4) is 12.3 Å². The van der Waals surface area contributed by atoms with Gasteiger partial charge in [0.1, 0.15) is 0 Å². The molecule has 0 aliphatic heterocycles. The maximum absolute atomic E-state index is 5.53. The first-order valence-corrected chi connectivity index (χ1v) is 5.96. The molecule has 0 aliphatic carbocycles. The van der Waals surface area contributed by atoms with Gasteiger partial charge in [-0.05, 0) is 18.4 Å². The van der Waals surface area contributed by atoms with E-state index >= 15 is 0 Å². The molecule has 1 aromatic rings. The smallest absolute Gasteiger partial charge is 0.0752 e. The Balaban J connectivity index is 2.06. The molecule has 0 spiro atoms. The van der Waals surface area contributed by atoms with Crippen molar-refractivity contribution in [3.05, 3.63) is 35.9 Å². The summed E-state index contributed by atoms with van der Waals surface area (Å²) < 4.78 is 5.53. The van der Waals surface area contributed by atoms with Crippen LogP contribution in [0.25, 0.3) is 0 Å². The Bertz CT molecular complexity index is 302. The zero-order valence-corrected chi connectivity index (χ0v) is 10.2. The summed E-state index contributed by atoms with van der Waals surface area (Å²) in [6, 6.07) is 10.2. The molecule has 1 aromatic carbocycles. The summed E-state index contributed by atoms with van der Waals surface area (Å²) in [5.74, 6) is 2.63. The molecule has 0 fully saturated rings. The molecule has 0 aliphatic rings. The molecule has 0 saturated carbocycles. The van der Waals surface area contributed by atoms with Crippen LogP contribution < -0.4 is 0 Å². The summed E-state index contributed by atoms with van der Waals surface area (Å²) >= 11 is 3.38. The quantitative estimate of drug-likeness (QED) is 0.436. The van der Waals surface area contributed by atoms with Gasteiger partial charge in [0.15, 0.2) is 0 Å². The second kappa shape index (κ2) is 7.50. The third-order valence-corrected chi connectivity index (χ3v) is 2.76. The van der Waals surface area contributed by atoms with Crippen LogP contribution in [0.15, 0.2) is 30.3 Å². The summed E-state index contributed by atoms with van der Waals surface area (Å²) in [7, 11) is 0. The lowest BCUT2D eigenvalue weighted by atomic mass is 10.2. The minimum Gasteiger partial charge on any atom is -0.377 e. The molecular formula is C13H15BrO. The SMILES string of the molecule is C#C[C@H](Br)CCCOCc1ccccc1. The molecule has 2 heteroatoms. The third-order valence-electron chi connectivity index (χ3n) is 2.04. The predicted octanol–water partition coefficient (Wildman–Crippen LogP) is 3.38. The summed E-state index contributed by atoms with van der Waals surface area (Å²) in [6.45, 7) is 1.45.